The summed E-state index contributed by atoms with van der Waals surface area (Å²) in [5.74, 6) is 0. The standard InChI is InChI=1S/C14H17Cl2N3/c1-3-6-19(2)9-10-8-17-18-14(10)12-5-4-11(15)7-13(12)16/h4-5,7-8H,3,6,9H2,1-2H3,(H,17,18). The number of aromatic amines is 1. The van der Waals surface area contributed by atoms with Gasteiger partial charge in [-0.15, -0.1) is 0 Å². The molecule has 3 nitrogen and oxygen atoms in total. The van der Waals surface area contributed by atoms with E-state index >= 15 is 0 Å². The molecule has 1 aromatic carbocycles. The van der Waals surface area contributed by atoms with Gasteiger partial charge in [0.2, 0.25) is 0 Å². The largest absolute Gasteiger partial charge is 0.302 e. The van der Waals surface area contributed by atoms with Crippen molar-refractivity contribution >= 4 is 23.2 Å². The molecule has 1 heterocycles. The molecule has 5 heteroatoms. The number of rotatable bonds is 5. The Labute approximate surface area is 123 Å². The second-order valence-corrected chi connectivity index (χ2v) is 5.48. The highest BCUT2D eigenvalue weighted by Crippen LogP contribution is 2.31. The summed E-state index contributed by atoms with van der Waals surface area (Å²) in [6, 6.07) is 5.50. The van der Waals surface area contributed by atoms with Crippen LogP contribution < -0.4 is 0 Å². The van der Waals surface area contributed by atoms with E-state index in [-0.39, 0.29) is 0 Å². The monoisotopic (exact) mass is 297 g/mol. The smallest absolute Gasteiger partial charge is 0.0710 e. The summed E-state index contributed by atoms with van der Waals surface area (Å²) in [6.07, 6.45) is 2.98. The Hall–Kier alpha value is -1.03. The zero-order valence-electron chi connectivity index (χ0n) is 11.1. The lowest BCUT2D eigenvalue weighted by Crippen LogP contribution is -2.18. The molecule has 0 unspecified atom stereocenters. The average molecular weight is 298 g/mol. The molecular weight excluding hydrogens is 281 g/mol. The minimum atomic E-state index is 0.635. The van der Waals surface area contributed by atoms with E-state index in [0.29, 0.717) is 10.0 Å². The summed E-state index contributed by atoms with van der Waals surface area (Å²) in [4.78, 5) is 2.26. The molecule has 102 valence electrons. The van der Waals surface area contributed by atoms with Crippen molar-refractivity contribution in [1.82, 2.24) is 15.1 Å². The number of benzene rings is 1. The van der Waals surface area contributed by atoms with Crippen molar-refractivity contribution in [3.63, 3.8) is 0 Å². The Balaban J connectivity index is 2.28. The fraction of sp³-hybridized carbons (Fsp3) is 0.357. The first-order chi connectivity index (χ1) is 9.11. The van der Waals surface area contributed by atoms with E-state index in [9.17, 15) is 0 Å². The topological polar surface area (TPSA) is 31.9 Å². The van der Waals surface area contributed by atoms with Crippen molar-refractivity contribution < 1.29 is 0 Å². The van der Waals surface area contributed by atoms with Crippen LogP contribution in [0.2, 0.25) is 10.0 Å². The van der Waals surface area contributed by atoms with Crippen LogP contribution in [0.1, 0.15) is 18.9 Å². The Kier molecular flexibility index (Phi) is 4.86. The van der Waals surface area contributed by atoms with Gasteiger partial charge in [-0.2, -0.15) is 5.10 Å². The number of nitrogens with zero attached hydrogens (tertiary/aromatic N) is 2. The molecule has 0 bridgehead atoms. The summed E-state index contributed by atoms with van der Waals surface area (Å²) < 4.78 is 0. The quantitative estimate of drug-likeness (QED) is 0.896. The highest BCUT2D eigenvalue weighted by Gasteiger charge is 2.12. The van der Waals surface area contributed by atoms with E-state index in [1.807, 2.05) is 18.3 Å². The highest BCUT2D eigenvalue weighted by atomic mass is 35.5. The van der Waals surface area contributed by atoms with Crippen molar-refractivity contribution in [2.75, 3.05) is 13.6 Å². The average Bonchev–Trinajstić information content (AvgIpc) is 2.77. The molecule has 0 aliphatic carbocycles. The summed E-state index contributed by atoms with van der Waals surface area (Å²) >= 11 is 12.2. The summed E-state index contributed by atoms with van der Waals surface area (Å²) in [5.41, 5.74) is 3.04. The van der Waals surface area contributed by atoms with E-state index in [4.69, 9.17) is 23.2 Å². The van der Waals surface area contributed by atoms with Gasteiger partial charge in [0.15, 0.2) is 0 Å². The Morgan fingerprint density at radius 1 is 1.32 bits per heavy atom. The van der Waals surface area contributed by atoms with Crippen LogP contribution in [0.15, 0.2) is 24.4 Å². The minimum absolute atomic E-state index is 0.635. The first-order valence-electron chi connectivity index (χ1n) is 6.28. The van der Waals surface area contributed by atoms with Crippen molar-refractivity contribution in [2.45, 2.75) is 19.9 Å². The molecule has 2 aromatic rings. The fourth-order valence-electron chi connectivity index (χ4n) is 2.11. The van der Waals surface area contributed by atoms with Crippen LogP contribution in [0, 0.1) is 0 Å². The zero-order chi connectivity index (χ0) is 13.8. The maximum Gasteiger partial charge on any atom is 0.0710 e. The van der Waals surface area contributed by atoms with Crippen LogP contribution in [0.25, 0.3) is 11.3 Å². The van der Waals surface area contributed by atoms with Crippen LogP contribution in [0.3, 0.4) is 0 Å². The molecule has 19 heavy (non-hydrogen) atoms. The predicted molar refractivity (Wildman–Crippen MR) is 80.7 cm³/mol. The van der Waals surface area contributed by atoms with Gasteiger partial charge in [0, 0.05) is 22.7 Å². The molecule has 1 aromatic heterocycles. The summed E-state index contributed by atoms with van der Waals surface area (Å²) in [6.45, 7) is 4.07. The Bertz CT molecular complexity index is 551. The third kappa shape index (κ3) is 3.50. The van der Waals surface area contributed by atoms with Crippen LogP contribution in [0.5, 0.6) is 0 Å². The number of H-pyrrole nitrogens is 1. The third-order valence-electron chi connectivity index (χ3n) is 2.96. The molecule has 0 amide bonds. The van der Waals surface area contributed by atoms with Crippen molar-refractivity contribution in [3.05, 3.63) is 40.0 Å². The van der Waals surface area contributed by atoms with Gasteiger partial charge in [-0.3, -0.25) is 5.10 Å². The number of hydrogen-bond acceptors (Lipinski definition) is 2. The molecule has 0 aliphatic heterocycles. The number of halogens is 2. The van der Waals surface area contributed by atoms with Gasteiger partial charge in [-0.25, -0.2) is 0 Å². The van der Waals surface area contributed by atoms with Crippen LogP contribution >= 0.6 is 23.2 Å². The van der Waals surface area contributed by atoms with Gasteiger partial charge in [-0.1, -0.05) is 30.1 Å². The second kappa shape index (κ2) is 6.42. The van der Waals surface area contributed by atoms with Gasteiger partial charge in [0.05, 0.1) is 16.9 Å². The highest BCUT2D eigenvalue weighted by molar-refractivity contribution is 6.36. The number of nitrogens with one attached hydrogen (secondary N) is 1. The van der Waals surface area contributed by atoms with Gasteiger partial charge < -0.3 is 4.90 Å². The lowest BCUT2D eigenvalue weighted by molar-refractivity contribution is 0.328. The molecular formula is C14H17Cl2N3. The van der Waals surface area contributed by atoms with Gasteiger partial charge in [0.1, 0.15) is 0 Å². The summed E-state index contributed by atoms with van der Waals surface area (Å²) in [7, 11) is 2.10. The lowest BCUT2D eigenvalue weighted by Gasteiger charge is -2.15. The zero-order valence-corrected chi connectivity index (χ0v) is 12.6. The SMILES string of the molecule is CCCN(C)Cc1cn[nH]c1-c1ccc(Cl)cc1Cl. The van der Waals surface area contributed by atoms with E-state index in [0.717, 1.165) is 36.3 Å². The number of aromatic nitrogens is 2. The van der Waals surface area contributed by atoms with Crippen molar-refractivity contribution in [3.8, 4) is 11.3 Å². The van der Waals surface area contributed by atoms with Crippen molar-refractivity contribution in [1.29, 1.82) is 0 Å². The molecule has 0 aliphatic rings. The van der Waals surface area contributed by atoms with Gasteiger partial charge in [-0.05, 0) is 38.2 Å². The first kappa shape index (κ1) is 14.4. The third-order valence-corrected chi connectivity index (χ3v) is 3.51. The molecule has 2 rings (SSSR count). The number of hydrogen-bond donors (Lipinski definition) is 1. The van der Waals surface area contributed by atoms with Gasteiger partial charge >= 0.3 is 0 Å². The summed E-state index contributed by atoms with van der Waals surface area (Å²) in [5, 5.41) is 8.43. The van der Waals surface area contributed by atoms with Gasteiger partial charge in [0.25, 0.3) is 0 Å². The van der Waals surface area contributed by atoms with E-state index in [1.165, 1.54) is 0 Å². The second-order valence-electron chi connectivity index (χ2n) is 4.63. The molecule has 0 fully saturated rings. The van der Waals surface area contributed by atoms with Crippen molar-refractivity contribution in [2.24, 2.45) is 0 Å². The molecule has 0 atom stereocenters. The lowest BCUT2D eigenvalue weighted by atomic mass is 10.1. The molecule has 1 N–H and O–H groups in total. The normalized spacial score (nSPS) is 11.2. The van der Waals surface area contributed by atoms with E-state index in [1.54, 1.807) is 6.07 Å². The fourth-order valence-corrected chi connectivity index (χ4v) is 2.61. The molecule has 0 radical (unpaired) electrons. The van der Waals surface area contributed by atoms with Crippen LogP contribution in [-0.4, -0.2) is 28.7 Å². The maximum atomic E-state index is 6.24. The van der Waals surface area contributed by atoms with E-state index in [2.05, 4.69) is 29.1 Å². The Morgan fingerprint density at radius 2 is 2.11 bits per heavy atom. The van der Waals surface area contributed by atoms with E-state index < -0.39 is 0 Å². The van der Waals surface area contributed by atoms with Crippen LogP contribution in [0.4, 0.5) is 0 Å². The minimum Gasteiger partial charge on any atom is -0.302 e. The Morgan fingerprint density at radius 3 is 2.79 bits per heavy atom. The first-order valence-corrected chi connectivity index (χ1v) is 7.03. The molecule has 0 saturated carbocycles. The molecule has 0 spiro atoms. The van der Waals surface area contributed by atoms with Crippen LogP contribution in [-0.2, 0) is 6.54 Å². The molecule has 0 saturated heterocycles. The maximum absolute atomic E-state index is 6.24. The predicted octanol–water partition coefficient (Wildman–Crippen LogP) is 4.23.